The van der Waals surface area contributed by atoms with E-state index in [1.54, 1.807) is 6.92 Å². The summed E-state index contributed by atoms with van der Waals surface area (Å²) in [6.07, 6.45) is 6.14. The predicted octanol–water partition coefficient (Wildman–Crippen LogP) is 4.28. The lowest BCUT2D eigenvalue weighted by Gasteiger charge is -2.32. The number of amides is 1. The highest BCUT2D eigenvalue weighted by Crippen LogP contribution is 2.15. The molecule has 25 heavy (non-hydrogen) atoms. The Bertz CT molecular complexity index is 393. The average molecular weight is 355 g/mol. The molecule has 0 aromatic carbocycles. The molecule has 0 spiro atoms. The van der Waals surface area contributed by atoms with Crippen molar-refractivity contribution in [2.24, 2.45) is 17.8 Å². The van der Waals surface area contributed by atoms with Crippen LogP contribution in [0.25, 0.3) is 0 Å². The van der Waals surface area contributed by atoms with E-state index in [9.17, 15) is 9.59 Å². The van der Waals surface area contributed by atoms with Crippen LogP contribution >= 0.6 is 0 Å². The normalized spacial score (nSPS) is 15.5. The number of hydrogen-bond donors (Lipinski definition) is 1. The number of likely N-dealkylation sites (N-methyl/N-ethyl adjacent to an activating group) is 1. The van der Waals surface area contributed by atoms with Crippen LogP contribution < -0.4 is 5.32 Å². The van der Waals surface area contributed by atoms with Gasteiger partial charge in [0.1, 0.15) is 0 Å². The zero-order valence-electron chi connectivity index (χ0n) is 17.9. The van der Waals surface area contributed by atoms with Crippen molar-refractivity contribution in [1.29, 1.82) is 0 Å². The molecule has 0 radical (unpaired) electrons. The van der Waals surface area contributed by atoms with Gasteiger partial charge in [-0.3, -0.25) is 14.5 Å². The Morgan fingerprint density at radius 1 is 0.960 bits per heavy atom. The molecule has 148 valence electrons. The maximum Gasteiger partial charge on any atom is 0.238 e. The molecular weight excluding hydrogens is 312 g/mol. The summed E-state index contributed by atoms with van der Waals surface area (Å²) in [7, 11) is 2.02. The van der Waals surface area contributed by atoms with Gasteiger partial charge in [0.15, 0.2) is 5.78 Å². The highest BCUT2D eigenvalue weighted by Gasteiger charge is 2.30. The van der Waals surface area contributed by atoms with E-state index in [4.69, 9.17) is 0 Å². The van der Waals surface area contributed by atoms with Crippen molar-refractivity contribution in [1.82, 2.24) is 10.2 Å². The molecular formula is C21H42N2O2. The number of hydrogen-bond acceptors (Lipinski definition) is 3. The maximum atomic E-state index is 12.8. The van der Waals surface area contributed by atoms with Crippen LogP contribution in [0.15, 0.2) is 0 Å². The van der Waals surface area contributed by atoms with Gasteiger partial charge in [0.25, 0.3) is 0 Å². The van der Waals surface area contributed by atoms with Crippen LogP contribution in [0.3, 0.4) is 0 Å². The molecule has 0 saturated heterocycles. The first-order valence-electron chi connectivity index (χ1n) is 10.1. The van der Waals surface area contributed by atoms with Crippen molar-refractivity contribution in [2.45, 2.75) is 92.7 Å². The SMILES string of the molecule is CCC(C)CCCCCN(C)C(C(=O)N[C@H](C(C)=O)C(C)C)C(C)C. The zero-order valence-corrected chi connectivity index (χ0v) is 17.9. The summed E-state index contributed by atoms with van der Waals surface area (Å²) in [5.74, 6) is 1.14. The lowest BCUT2D eigenvalue weighted by atomic mass is 9.97. The van der Waals surface area contributed by atoms with Crippen molar-refractivity contribution in [3.63, 3.8) is 0 Å². The second kappa shape index (κ2) is 12.5. The summed E-state index contributed by atoms with van der Waals surface area (Å²) in [5, 5.41) is 2.97. The molecule has 0 rings (SSSR count). The van der Waals surface area contributed by atoms with Crippen LogP contribution in [0.1, 0.15) is 80.6 Å². The Morgan fingerprint density at radius 3 is 2.00 bits per heavy atom. The molecule has 0 fully saturated rings. The van der Waals surface area contributed by atoms with Crippen molar-refractivity contribution < 1.29 is 9.59 Å². The standard InChI is InChI=1S/C21H42N2O2/c1-9-17(6)13-11-10-12-14-23(8)20(16(4)5)21(25)22-19(15(2)3)18(7)24/h15-17,19-20H,9-14H2,1-8H3,(H,22,25)/t17?,19-,20?/m0/s1. The molecule has 0 aromatic heterocycles. The van der Waals surface area contributed by atoms with Crippen molar-refractivity contribution >= 4 is 11.7 Å². The van der Waals surface area contributed by atoms with Crippen LogP contribution in [0.5, 0.6) is 0 Å². The number of carbonyl (C=O) groups excluding carboxylic acids is 2. The fourth-order valence-electron chi connectivity index (χ4n) is 3.36. The number of rotatable bonds is 13. The quantitative estimate of drug-likeness (QED) is 0.502. The van der Waals surface area contributed by atoms with E-state index in [2.05, 4.69) is 37.9 Å². The van der Waals surface area contributed by atoms with E-state index in [1.165, 1.54) is 25.7 Å². The highest BCUT2D eigenvalue weighted by molar-refractivity contribution is 5.89. The summed E-state index contributed by atoms with van der Waals surface area (Å²) >= 11 is 0. The van der Waals surface area contributed by atoms with E-state index in [1.807, 2.05) is 20.9 Å². The molecule has 0 heterocycles. The molecule has 1 N–H and O–H groups in total. The molecule has 4 heteroatoms. The van der Waals surface area contributed by atoms with Gasteiger partial charge in [-0.05, 0) is 44.7 Å². The topological polar surface area (TPSA) is 49.4 Å². The first kappa shape index (κ1) is 24.1. The number of carbonyl (C=O) groups is 2. The Labute approximate surface area is 156 Å². The number of Topliss-reactive ketones (excluding diaryl/α,β-unsaturated/α-hetero) is 1. The van der Waals surface area contributed by atoms with Gasteiger partial charge in [-0.25, -0.2) is 0 Å². The van der Waals surface area contributed by atoms with E-state index in [0.29, 0.717) is 0 Å². The van der Waals surface area contributed by atoms with E-state index in [0.717, 1.165) is 18.9 Å². The van der Waals surface area contributed by atoms with Crippen molar-refractivity contribution in [3.05, 3.63) is 0 Å². The Hall–Kier alpha value is -0.900. The van der Waals surface area contributed by atoms with E-state index < -0.39 is 6.04 Å². The number of nitrogens with one attached hydrogen (secondary N) is 1. The lowest BCUT2D eigenvalue weighted by Crippen LogP contribution is -2.53. The van der Waals surface area contributed by atoms with Crippen molar-refractivity contribution in [3.8, 4) is 0 Å². The van der Waals surface area contributed by atoms with Crippen LogP contribution in [0.4, 0.5) is 0 Å². The largest absolute Gasteiger partial charge is 0.345 e. The summed E-state index contributed by atoms with van der Waals surface area (Å²) in [5.41, 5.74) is 0. The van der Waals surface area contributed by atoms with Crippen LogP contribution in [0.2, 0.25) is 0 Å². The fraction of sp³-hybridized carbons (Fsp3) is 0.905. The highest BCUT2D eigenvalue weighted by atomic mass is 16.2. The minimum Gasteiger partial charge on any atom is -0.345 e. The average Bonchev–Trinajstić information content (AvgIpc) is 2.51. The molecule has 4 nitrogen and oxygen atoms in total. The summed E-state index contributed by atoms with van der Waals surface area (Å²) in [6, 6.07) is -0.576. The minimum absolute atomic E-state index is 0.0222. The molecule has 3 atom stereocenters. The van der Waals surface area contributed by atoms with E-state index in [-0.39, 0.29) is 29.6 Å². The zero-order chi connectivity index (χ0) is 19.6. The number of unbranched alkanes of at least 4 members (excludes halogenated alkanes) is 2. The van der Waals surface area contributed by atoms with Gasteiger partial charge in [0.05, 0.1) is 12.1 Å². The Balaban J connectivity index is 4.55. The summed E-state index contributed by atoms with van der Waals surface area (Å²) in [6.45, 7) is 15.1. The molecule has 2 unspecified atom stereocenters. The first-order chi connectivity index (χ1) is 11.6. The monoisotopic (exact) mass is 354 g/mol. The third kappa shape index (κ3) is 9.39. The molecule has 0 aliphatic carbocycles. The summed E-state index contributed by atoms with van der Waals surface area (Å²) in [4.78, 5) is 26.7. The van der Waals surface area contributed by atoms with Gasteiger partial charge in [-0.1, -0.05) is 67.2 Å². The Morgan fingerprint density at radius 2 is 1.56 bits per heavy atom. The first-order valence-corrected chi connectivity index (χ1v) is 10.1. The molecule has 0 saturated carbocycles. The van der Waals surface area contributed by atoms with Gasteiger partial charge in [0, 0.05) is 0 Å². The molecule has 0 bridgehead atoms. The van der Waals surface area contributed by atoms with Crippen LogP contribution in [0, 0.1) is 17.8 Å². The third-order valence-electron chi connectivity index (χ3n) is 5.18. The lowest BCUT2D eigenvalue weighted by molar-refractivity contribution is -0.132. The third-order valence-corrected chi connectivity index (χ3v) is 5.18. The minimum atomic E-state index is -0.391. The molecule has 0 aliphatic heterocycles. The molecule has 0 aliphatic rings. The Kier molecular flexibility index (Phi) is 12.0. The van der Waals surface area contributed by atoms with Gasteiger partial charge in [-0.15, -0.1) is 0 Å². The van der Waals surface area contributed by atoms with Crippen molar-refractivity contribution in [2.75, 3.05) is 13.6 Å². The number of ketones is 1. The smallest absolute Gasteiger partial charge is 0.238 e. The molecule has 0 aromatic rings. The maximum absolute atomic E-state index is 12.8. The second-order valence-electron chi connectivity index (χ2n) is 8.37. The van der Waals surface area contributed by atoms with Gasteiger partial charge in [0.2, 0.25) is 5.91 Å². The van der Waals surface area contributed by atoms with Crippen LogP contribution in [-0.4, -0.2) is 42.3 Å². The predicted molar refractivity (Wildman–Crippen MR) is 107 cm³/mol. The van der Waals surface area contributed by atoms with Gasteiger partial charge >= 0.3 is 0 Å². The second-order valence-corrected chi connectivity index (χ2v) is 8.37. The molecule has 1 amide bonds. The van der Waals surface area contributed by atoms with Gasteiger partial charge in [-0.2, -0.15) is 0 Å². The van der Waals surface area contributed by atoms with E-state index >= 15 is 0 Å². The summed E-state index contributed by atoms with van der Waals surface area (Å²) < 4.78 is 0. The van der Waals surface area contributed by atoms with Gasteiger partial charge < -0.3 is 5.32 Å². The van der Waals surface area contributed by atoms with Crippen LogP contribution in [-0.2, 0) is 9.59 Å². The number of nitrogens with zero attached hydrogens (tertiary/aromatic N) is 1. The fourth-order valence-corrected chi connectivity index (χ4v) is 3.36.